The Kier molecular flexibility index (Phi) is 5.70. The first-order valence-corrected chi connectivity index (χ1v) is 12.7. The number of allylic oxidation sites excluding steroid dienone is 8. The van der Waals surface area contributed by atoms with Gasteiger partial charge in [0.25, 0.3) is 0 Å². The Labute approximate surface area is 221 Å². The van der Waals surface area contributed by atoms with E-state index in [2.05, 4.69) is 31.2 Å². The fourth-order valence-corrected chi connectivity index (χ4v) is 6.72. The summed E-state index contributed by atoms with van der Waals surface area (Å²) in [5, 5.41) is 20.1. The van der Waals surface area contributed by atoms with Crippen molar-refractivity contribution in [3.63, 3.8) is 0 Å². The highest BCUT2D eigenvalue weighted by molar-refractivity contribution is 6.07. The number of rotatable bonds is 2. The van der Waals surface area contributed by atoms with E-state index in [0.717, 1.165) is 39.0 Å². The number of halogens is 2. The van der Waals surface area contributed by atoms with Gasteiger partial charge in [-0.3, -0.25) is 0 Å². The fraction of sp³-hybridized carbons (Fsp3) is 0.176. The Bertz CT molecular complexity index is 1670. The van der Waals surface area contributed by atoms with Crippen LogP contribution in [0.25, 0.3) is 11.1 Å². The van der Waals surface area contributed by atoms with Gasteiger partial charge in [-0.15, -0.1) is 0 Å². The smallest absolute Gasteiger partial charge is 0.123 e. The van der Waals surface area contributed by atoms with Crippen LogP contribution in [0.2, 0.25) is 0 Å². The molecule has 3 aliphatic rings. The van der Waals surface area contributed by atoms with Crippen LogP contribution in [0.4, 0.5) is 8.78 Å². The van der Waals surface area contributed by atoms with Crippen molar-refractivity contribution in [1.29, 1.82) is 10.5 Å². The van der Waals surface area contributed by atoms with Crippen LogP contribution < -0.4 is 0 Å². The Hall–Kier alpha value is -4.54. The third-order valence-corrected chi connectivity index (χ3v) is 8.15. The lowest BCUT2D eigenvalue weighted by atomic mass is 9.61. The third-order valence-electron chi connectivity index (χ3n) is 8.15. The maximum atomic E-state index is 14.1. The van der Waals surface area contributed by atoms with E-state index in [1.807, 2.05) is 31.2 Å². The number of hydrogen-bond acceptors (Lipinski definition) is 2. The van der Waals surface area contributed by atoms with Crippen molar-refractivity contribution in [2.45, 2.75) is 25.7 Å². The monoisotopic (exact) mass is 498 g/mol. The quantitative estimate of drug-likeness (QED) is 0.334. The van der Waals surface area contributed by atoms with E-state index in [9.17, 15) is 19.3 Å². The van der Waals surface area contributed by atoms with Crippen LogP contribution >= 0.6 is 0 Å². The van der Waals surface area contributed by atoms with Gasteiger partial charge in [0.05, 0.1) is 12.1 Å². The summed E-state index contributed by atoms with van der Waals surface area (Å²) in [6.45, 7) is 3.95. The topological polar surface area (TPSA) is 47.6 Å². The molecule has 0 bridgehead atoms. The molecule has 6 rings (SSSR count). The minimum Gasteiger partial charge on any atom is -0.207 e. The first-order valence-electron chi connectivity index (χ1n) is 12.7. The van der Waals surface area contributed by atoms with Gasteiger partial charge in [0.15, 0.2) is 0 Å². The fourth-order valence-electron chi connectivity index (χ4n) is 6.72. The molecule has 0 radical (unpaired) electrons. The van der Waals surface area contributed by atoms with Crippen molar-refractivity contribution in [3.8, 4) is 12.1 Å². The number of fused-ring (bicyclic) bond motifs is 6. The molecule has 4 unspecified atom stereocenters. The Morgan fingerprint density at radius 1 is 0.816 bits per heavy atom. The van der Waals surface area contributed by atoms with Gasteiger partial charge >= 0.3 is 0 Å². The molecule has 0 fully saturated rings. The molecule has 38 heavy (non-hydrogen) atoms. The van der Waals surface area contributed by atoms with Crippen LogP contribution in [-0.4, -0.2) is 0 Å². The Morgan fingerprint density at radius 2 is 1.47 bits per heavy atom. The first-order chi connectivity index (χ1) is 18.4. The summed E-state index contributed by atoms with van der Waals surface area (Å²) >= 11 is 0. The van der Waals surface area contributed by atoms with Crippen LogP contribution in [0.3, 0.4) is 0 Å². The second-order valence-electron chi connectivity index (χ2n) is 10.3. The molecule has 3 aromatic carbocycles. The lowest BCUT2D eigenvalue weighted by Gasteiger charge is -2.41. The van der Waals surface area contributed by atoms with E-state index < -0.39 is 0 Å². The van der Waals surface area contributed by atoms with Crippen LogP contribution in [0.5, 0.6) is 0 Å². The second-order valence-corrected chi connectivity index (χ2v) is 10.3. The Balaban J connectivity index is 1.76. The molecule has 0 aromatic heterocycles. The summed E-state index contributed by atoms with van der Waals surface area (Å²) in [4.78, 5) is 0. The molecule has 0 spiro atoms. The highest BCUT2D eigenvalue weighted by Gasteiger charge is 2.50. The molecule has 0 aliphatic heterocycles. The SMILES string of the molecule is C/C(C#N)=C1/C(c2ccc(F)cc2)=C2c3ccccc3C3C(=CC(C#N)=CC3C)C2C1c1ccc(F)cc1. The normalized spacial score (nSPS) is 24.8. The molecular weight excluding hydrogens is 474 g/mol. The number of nitriles is 2. The van der Waals surface area contributed by atoms with E-state index in [1.165, 1.54) is 29.8 Å². The molecule has 4 atom stereocenters. The predicted octanol–water partition coefficient (Wildman–Crippen LogP) is 8.25. The van der Waals surface area contributed by atoms with Crippen molar-refractivity contribution in [3.05, 3.63) is 141 Å². The summed E-state index contributed by atoms with van der Waals surface area (Å²) in [7, 11) is 0. The highest BCUT2D eigenvalue weighted by atomic mass is 19.1. The number of hydrogen-bond donors (Lipinski definition) is 0. The summed E-state index contributed by atoms with van der Waals surface area (Å²) in [6.07, 6.45) is 4.04. The largest absolute Gasteiger partial charge is 0.207 e. The molecule has 0 N–H and O–H groups in total. The van der Waals surface area contributed by atoms with E-state index >= 15 is 0 Å². The first kappa shape index (κ1) is 23.8. The van der Waals surface area contributed by atoms with Crippen LogP contribution in [0.1, 0.15) is 47.9 Å². The zero-order chi connectivity index (χ0) is 26.6. The van der Waals surface area contributed by atoms with Crippen LogP contribution in [0.15, 0.2) is 107 Å². The highest BCUT2D eigenvalue weighted by Crippen LogP contribution is 2.64. The van der Waals surface area contributed by atoms with E-state index in [-0.39, 0.29) is 35.3 Å². The number of nitrogens with zero attached hydrogens (tertiary/aromatic N) is 2. The average molecular weight is 499 g/mol. The van der Waals surface area contributed by atoms with Crippen molar-refractivity contribution >= 4 is 11.1 Å². The molecule has 3 aromatic rings. The van der Waals surface area contributed by atoms with Crippen molar-refractivity contribution < 1.29 is 8.78 Å². The van der Waals surface area contributed by atoms with E-state index in [0.29, 0.717) is 11.1 Å². The lowest BCUT2D eigenvalue weighted by molar-refractivity contribution is 0.520. The standard InChI is InChI=1S/C34H24F2N2/c1-19-15-21(18-38)16-28-29(19)26-5-3-4-6-27(26)33-31(22-7-11-24(35)12-8-22)30(20(2)17-37)32(34(28)33)23-9-13-25(36)14-10-23/h3-16,19,29,32,34H,1-2H3/b30-20+. The van der Waals surface area contributed by atoms with Gasteiger partial charge < -0.3 is 0 Å². The summed E-state index contributed by atoms with van der Waals surface area (Å²) in [6, 6.07) is 26.0. The minimum atomic E-state index is -0.330. The van der Waals surface area contributed by atoms with Gasteiger partial charge in [-0.25, -0.2) is 8.78 Å². The Morgan fingerprint density at radius 3 is 2.13 bits per heavy atom. The summed E-state index contributed by atoms with van der Waals surface area (Å²) in [5.41, 5.74) is 9.17. The third kappa shape index (κ3) is 3.57. The van der Waals surface area contributed by atoms with Crippen molar-refractivity contribution in [2.75, 3.05) is 0 Å². The molecule has 0 saturated heterocycles. The summed E-state index contributed by atoms with van der Waals surface area (Å²) in [5.74, 6) is -0.927. The van der Waals surface area contributed by atoms with Crippen LogP contribution in [0, 0.1) is 46.1 Å². The molecule has 0 heterocycles. The molecule has 3 aliphatic carbocycles. The van der Waals surface area contributed by atoms with Gasteiger partial charge in [0.2, 0.25) is 0 Å². The van der Waals surface area contributed by atoms with Gasteiger partial charge in [0, 0.05) is 28.9 Å². The molecule has 184 valence electrons. The van der Waals surface area contributed by atoms with Gasteiger partial charge in [-0.1, -0.05) is 67.1 Å². The van der Waals surface area contributed by atoms with E-state index in [1.54, 1.807) is 24.3 Å². The molecule has 0 amide bonds. The number of benzene rings is 3. The molecule has 4 heteroatoms. The van der Waals surface area contributed by atoms with Gasteiger partial charge in [-0.2, -0.15) is 10.5 Å². The van der Waals surface area contributed by atoms with Crippen LogP contribution in [-0.2, 0) is 0 Å². The maximum Gasteiger partial charge on any atom is 0.123 e. The predicted molar refractivity (Wildman–Crippen MR) is 144 cm³/mol. The summed E-state index contributed by atoms with van der Waals surface area (Å²) < 4.78 is 28.1. The molecule has 0 saturated carbocycles. The van der Waals surface area contributed by atoms with Gasteiger partial charge in [-0.05, 0) is 82.2 Å². The molecule has 2 nitrogen and oxygen atoms in total. The maximum absolute atomic E-state index is 14.1. The zero-order valence-corrected chi connectivity index (χ0v) is 21.0. The molecular formula is C34H24F2N2. The van der Waals surface area contributed by atoms with Crippen molar-refractivity contribution in [2.24, 2.45) is 11.8 Å². The lowest BCUT2D eigenvalue weighted by Crippen LogP contribution is -2.28. The average Bonchev–Trinajstić information content (AvgIpc) is 3.30. The van der Waals surface area contributed by atoms with Crippen molar-refractivity contribution in [1.82, 2.24) is 0 Å². The zero-order valence-electron chi connectivity index (χ0n) is 21.0. The second kappa shape index (κ2) is 9.09. The minimum absolute atomic E-state index is 0.0659. The van der Waals surface area contributed by atoms with E-state index in [4.69, 9.17) is 0 Å². The van der Waals surface area contributed by atoms with Gasteiger partial charge in [0.1, 0.15) is 11.6 Å².